The number of nitrogens with one attached hydrogen (secondary N) is 1. The molecule has 1 saturated heterocycles. The maximum atomic E-state index is 6.06. The minimum Gasteiger partial charge on any atom is -0.357 e. The molecule has 158 valence electrons. The van der Waals surface area contributed by atoms with Crippen LogP contribution in [0.5, 0.6) is 0 Å². The lowest BCUT2D eigenvalue weighted by molar-refractivity contribution is 0.305. The van der Waals surface area contributed by atoms with Crippen LogP contribution in [0.25, 0.3) is 0 Å². The molecule has 3 rings (SSSR count). The van der Waals surface area contributed by atoms with Crippen molar-refractivity contribution in [1.29, 1.82) is 0 Å². The van der Waals surface area contributed by atoms with Gasteiger partial charge in [-0.3, -0.25) is 9.67 Å². The summed E-state index contributed by atoms with van der Waals surface area (Å²) in [4.78, 5) is 9.62. The van der Waals surface area contributed by atoms with Gasteiger partial charge in [-0.25, -0.2) is 0 Å². The lowest BCUT2D eigenvalue weighted by atomic mass is 10.0. The van der Waals surface area contributed by atoms with Gasteiger partial charge in [-0.05, 0) is 63.0 Å². The van der Waals surface area contributed by atoms with Crippen LogP contribution in [-0.4, -0.2) is 65.8 Å². The van der Waals surface area contributed by atoms with Crippen LogP contribution in [0, 0.1) is 5.92 Å². The molecule has 1 aliphatic rings. The van der Waals surface area contributed by atoms with Crippen molar-refractivity contribution in [3.8, 4) is 0 Å². The Morgan fingerprint density at radius 2 is 2.10 bits per heavy atom. The Hall–Kier alpha value is -2.05. The highest BCUT2D eigenvalue weighted by Gasteiger charge is 2.26. The van der Waals surface area contributed by atoms with E-state index in [2.05, 4.69) is 59.6 Å². The predicted octanol–water partition coefficient (Wildman–Crippen LogP) is 3.21. The summed E-state index contributed by atoms with van der Waals surface area (Å²) in [6, 6.07) is 8.30. The van der Waals surface area contributed by atoms with Gasteiger partial charge >= 0.3 is 0 Å². The van der Waals surface area contributed by atoms with E-state index >= 15 is 0 Å². The smallest absolute Gasteiger partial charge is 0.193 e. The number of halogens is 1. The highest BCUT2D eigenvalue weighted by molar-refractivity contribution is 6.30. The van der Waals surface area contributed by atoms with Crippen LogP contribution in [0.2, 0.25) is 5.02 Å². The molecule has 2 aromatic rings. The molecule has 2 unspecified atom stereocenters. The van der Waals surface area contributed by atoms with Crippen molar-refractivity contribution < 1.29 is 0 Å². The quantitative estimate of drug-likeness (QED) is 0.556. The van der Waals surface area contributed by atoms with Crippen molar-refractivity contribution in [1.82, 2.24) is 24.9 Å². The van der Waals surface area contributed by atoms with Gasteiger partial charge in [0.25, 0.3) is 0 Å². The van der Waals surface area contributed by atoms with E-state index in [-0.39, 0.29) is 6.04 Å². The van der Waals surface area contributed by atoms with Crippen molar-refractivity contribution in [2.75, 3.05) is 40.3 Å². The number of aliphatic imine (C=N–C) groups is 1. The van der Waals surface area contributed by atoms with E-state index in [1.807, 2.05) is 30.1 Å². The maximum absolute atomic E-state index is 6.06. The van der Waals surface area contributed by atoms with E-state index in [1.54, 1.807) is 0 Å². The molecule has 29 heavy (non-hydrogen) atoms. The maximum Gasteiger partial charge on any atom is 0.193 e. The van der Waals surface area contributed by atoms with Crippen LogP contribution in [0.1, 0.15) is 30.5 Å². The van der Waals surface area contributed by atoms with Crippen molar-refractivity contribution in [3.05, 3.63) is 52.8 Å². The number of aryl methyl sites for hydroxylation is 1. The second-order valence-electron chi connectivity index (χ2n) is 8.05. The molecule has 2 atom stereocenters. The molecule has 1 aliphatic heterocycles. The fourth-order valence-corrected chi connectivity index (χ4v) is 4.08. The van der Waals surface area contributed by atoms with Gasteiger partial charge in [-0.1, -0.05) is 23.7 Å². The second-order valence-corrected chi connectivity index (χ2v) is 8.49. The Morgan fingerprint density at radius 1 is 1.34 bits per heavy atom. The molecule has 1 fully saturated rings. The van der Waals surface area contributed by atoms with Gasteiger partial charge in [-0.2, -0.15) is 5.10 Å². The van der Waals surface area contributed by atoms with Gasteiger partial charge in [-0.15, -0.1) is 0 Å². The molecule has 0 aliphatic carbocycles. The van der Waals surface area contributed by atoms with Gasteiger partial charge in [0, 0.05) is 37.9 Å². The number of hydrogen-bond donors (Lipinski definition) is 1. The third-order valence-corrected chi connectivity index (χ3v) is 5.75. The highest BCUT2D eigenvalue weighted by Crippen LogP contribution is 2.23. The topological polar surface area (TPSA) is 48.7 Å². The summed E-state index contributed by atoms with van der Waals surface area (Å²) in [7, 11) is 6.17. The Bertz CT molecular complexity index is 798. The summed E-state index contributed by atoms with van der Waals surface area (Å²) in [5, 5.41) is 8.55. The van der Waals surface area contributed by atoms with Gasteiger partial charge in [0.1, 0.15) is 0 Å². The summed E-state index contributed by atoms with van der Waals surface area (Å²) in [5.41, 5.74) is 2.55. The van der Waals surface area contributed by atoms with E-state index in [9.17, 15) is 0 Å². The second kappa shape index (κ2) is 10.1. The lowest BCUT2D eigenvalue weighted by Crippen LogP contribution is -2.40. The Labute approximate surface area is 179 Å². The molecule has 0 radical (unpaired) electrons. The van der Waals surface area contributed by atoms with Gasteiger partial charge in [0.2, 0.25) is 0 Å². The van der Waals surface area contributed by atoms with Crippen LogP contribution in [0.3, 0.4) is 0 Å². The number of aromatic nitrogens is 2. The first-order valence-corrected chi connectivity index (χ1v) is 10.8. The zero-order chi connectivity index (χ0) is 20.8. The van der Waals surface area contributed by atoms with Gasteiger partial charge < -0.3 is 15.1 Å². The zero-order valence-electron chi connectivity index (χ0n) is 18.0. The minimum absolute atomic E-state index is 0.217. The summed E-state index contributed by atoms with van der Waals surface area (Å²) < 4.78 is 1.88. The monoisotopic (exact) mass is 416 g/mol. The van der Waals surface area contributed by atoms with E-state index in [0.29, 0.717) is 12.5 Å². The van der Waals surface area contributed by atoms with Crippen LogP contribution in [0.15, 0.2) is 41.7 Å². The predicted molar refractivity (Wildman–Crippen MR) is 120 cm³/mol. The standard InChI is InChI=1S/C22H33ClN6/c1-5-24-22(25-14-21(27(2)3)19-6-8-20(23)9-7-19)29-11-10-17(16-29)12-18-13-26-28(4)15-18/h6-9,13,15,17,21H,5,10-12,14,16H2,1-4H3,(H,24,25). The van der Waals surface area contributed by atoms with Crippen LogP contribution in [0.4, 0.5) is 0 Å². The van der Waals surface area contributed by atoms with Crippen LogP contribution in [-0.2, 0) is 13.5 Å². The van der Waals surface area contributed by atoms with Crippen molar-refractivity contribution in [2.45, 2.75) is 25.8 Å². The van der Waals surface area contributed by atoms with E-state index in [0.717, 1.165) is 37.0 Å². The molecule has 1 N–H and O–H groups in total. The lowest BCUT2D eigenvalue weighted by Gasteiger charge is -2.26. The molecule has 0 spiro atoms. The van der Waals surface area contributed by atoms with Crippen LogP contribution >= 0.6 is 11.6 Å². The molecule has 0 saturated carbocycles. The SMILES string of the molecule is CCNC(=NCC(c1ccc(Cl)cc1)N(C)C)N1CCC(Cc2cnn(C)c2)C1. The van der Waals surface area contributed by atoms with Gasteiger partial charge in [0.05, 0.1) is 18.8 Å². The Kier molecular flexibility index (Phi) is 7.56. The highest BCUT2D eigenvalue weighted by atomic mass is 35.5. The summed E-state index contributed by atoms with van der Waals surface area (Å²) in [6.07, 6.45) is 6.37. The molecular weight excluding hydrogens is 384 g/mol. The summed E-state index contributed by atoms with van der Waals surface area (Å²) in [6.45, 7) is 5.79. The zero-order valence-corrected chi connectivity index (χ0v) is 18.7. The number of likely N-dealkylation sites (tertiary alicyclic amines) is 1. The van der Waals surface area contributed by atoms with E-state index < -0.39 is 0 Å². The molecular formula is C22H33ClN6. The van der Waals surface area contributed by atoms with Gasteiger partial charge in [0.15, 0.2) is 5.96 Å². The summed E-state index contributed by atoms with van der Waals surface area (Å²) in [5.74, 6) is 1.66. The first-order chi connectivity index (χ1) is 14.0. The summed E-state index contributed by atoms with van der Waals surface area (Å²) >= 11 is 6.06. The molecule has 0 amide bonds. The molecule has 1 aromatic carbocycles. The molecule has 6 nitrogen and oxygen atoms in total. The number of rotatable bonds is 7. The van der Waals surface area contributed by atoms with E-state index in [4.69, 9.17) is 16.6 Å². The third kappa shape index (κ3) is 5.97. The van der Waals surface area contributed by atoms with Crippen LogP contribution < -0.4 is 5.32 Å². The molecule has 7 heteroatoms. The number of hydrogen-bond acceptors (Lipinski definition) is 3. The molecule has 0 bridgehead atoms. The average Bonchev–Trinajstić information content (AvgIpc) is 3.31. The third-order valence-electron chi connectivity index (χ3n) is 5.50. The average molecular weight is 417 g/mol. The Balaban J connectivity index is 1.66. The number of likely N-dealkylation sites (N-methyl/N-ethyl adjacent to an activating group) is 1. The van der Waals surface area contributed by atoms with Crippen molar-refractivity contribution in [2.24, 2.45) is 18.0 Å². The number of guanidine groups is 1. The number of benzene rings is 1. The van der Waals surface area contributed by atoms with Crippen molar-refractivity contribution in [3.63, 3.8) is 0 Å². The first-order valence-electron chi connectivity index (χ1n) is 10.4. The van der Waals surface area contributed by atoms with Crippen molar-refractivity contribution >= 4 is 17.6 Å². The van der Waals surface area contributed by atoms with E-state index in [1.165, 1.54) is 17.5 Å². The molecule has 1 aromatic heterocycles. The molecule has 2 heterocycles. The first kappa shape index (κ1) is 21.7. The minimum atomic E-state index is 0.217. The Morgan fingerprint density at radius 3 is 2.72 bits per heavy atom. The largest absolute Gasteiger partial charge is 0.357 e. The normalized spacial score (nSPS) is 18.5. The number of nitrogens with zero attached hydrogens (tertiary/aromatic N) is 5. The fourth-order valence-electron chi connectivity index (χ4n) is 3.95. The fraction of sp³-hybridized carbons (Fsp3) is 0.545.